The van der Waals surface area contributed by atoms with E-state index in [0.717, 1.165) is 5.56 Å². The Kier molecular flexibility index (Phi) is 4.90. The zero-order chi connectivity index (χ0) is 10.4. The number of halogens is 1. The zero-order valence-electron chi connectivity index (χ0n) is 7.82. The van der Waals surface area contributed by atoms with E-state index < -0.39 is 0 Å². The Bertz CT molecular complexity index is 281. The van der Waals surface area contributed by atoms with Gasteiger partial charge in [0.05, 0.1) is 19.3 Å². The van der Waals surface area contributed by atoms with Crippen LogP contribution < -0.4 is 5.73 Å². The Hall–Kier alpha value is -0.610. The molecule has 1 atom stereocenters. The topological polar surface area (TPSA) is 55.5 Å². The minimum atomic E-state index is -0.240. The molecule has 0 aliphatic rings. The van der Waals surface area contributed by atoms with Crippen LogP contribution in [0.2, 0.25) is 5.02 Å². The monoisotopic (exact) mass is 215 g/mol. The van der Waals surface area contributed by atoms with Crippen molar-refractivity contribution < 1.29 is 9.84 Å². The summed E-state index contributed by atoms with van der Waals surface area (Å²) in [4.78, 5) is 0. The van der Waals surface area contributed by atoms with Crippen molar-refractivity contribution in [2.45, 2.75) is 6.10 Å². The summed E-state index contributed by atoms with van der Waals surface area (Å²) in [6.07, 6.45) is -0.240. The standard InChI is InChI=1S/C10H14ClNO2/c11-9-4-2-1-3-8(9)10(7-12)14-6-5-13/h1-4,10,13H,5-7,12H2. The van der Waals surface area contributed by atoms with Crippen molar-refractivity contribution in [1.29, 1.82) is 0 Å². The van der Waals surface area contributed by atoms with Gasteiger partial charge < -0.3 is 15.6 Å². The van der Waals surface area contributed by atoms with E-state index in [2.05, 4.69) is 0 Å². The van der Waals surface area contributed by atoms with Crippen LogP contribution in [0.5, 0.6) is 0 Å². The highest BCUT2D eigenvalue weighted by atomic mass is 35.5. The molecular formula is C10H14ClNO2. The molecular weight excluding hydrogens is 202 g/mol. The lowest BCUT2D eigenvalue weighted by atomic mass is 10.1. The van der Waals surface area contributed by atoms with Crippen LogP contribution in [-0.4, -0.2) is 24.9 Å². The van der Waals surface area contributed by atoms with Gasteiger partial charge in [-0.3, -0.25) is 0 Å². The fraction of sp³-hybridized carbons (Fsp3) is 0.400. The van der Waals surface area contributed by atoms with E-state index in [0.29, 0.717) is 11.6 Å². The van der Waals surface area contributed by atoms with Crippen LogP contribution in [0.1, 0.15) is 11.7 Å². The van der Waals surface area contributed by atoms with Gasteiger partial charge in [-0.2, -0.15) is 0 Å². The second kappa shape index (κ2) is 5.98. The first-order valence-electron chi connectivity index (χ1n) is 4.46. The summed E-state index contributed by atoms with van der Waals surface area (Å²) in [5.41, 5.74) is 6.42. The molecule has 4 heteroatoms. The fourth-order valence-electron chi connectivity index (χ4n) is 1.22. The molecule has 0 aliphatic heterocycles. The Morgan fingerprint density at radius 3 is 2.71 bits per heavy atom. The molecule has 1 rings (SSSR count). The van der Waals surface area contributed by atoms with Gasteiger partial charge in [0.2, 0.25) is 0 Å². The lowest BCUT2D eigenvalue weighted by molar-refractivity contribution is 0.0329. The summed E-state index contributed by atoms with van der Waals surface area (Å²) in [5.74, 6) is 0. The van der Waals surface area contributed by atoms with Crippen molar-refractivity contribution in [1.82, 2.24) is 0 Å². The third-order valence-electron chi connectivity index (χ3n) is 1.88. The van der Waals surface area contributed by atoms with Crippen LogP contribution in [-0.2, 0) is 4.74 Å². The number of nitrogens with two attached hydrogens (primary N) is 1. The molecule has 0 saturated carbocycles. The molecule has 3 N–H and O–H groups in total. The van der Waals surface area contributed by atoms with Gasteiger partial charge in [0.1, 0.15) is 0 Å². The molecule has 78 valence electrons. The van der Waals surface area contributed by atoms with Crippen LogP contribution in [0.4, 0.5) is 0 Å². The van der Waals surface area contributed by atoms with Crippen molar-refractivity contribution in [3.8, 4) is 0 Å². The van der Waals surface area contributed by atoms with E-state index in [1.807, 2.05) is 18.2 Å². The molecule has 3 nitrogen and oxygen atoms in total. The molecule has 14 heavy (non-hydrogen) atoms. The fourth-order valence-corrected chi connectivity index (χ4v) is 1.47. The summed E-state index contributed by atoms with van der Waals surface area (Å²) in [6, 6.07) is 7.40. The van der Waals surface area contributed by atoms with Crippen LogP contribution in [0.3, 0.4) is 0 Å². The molecule has 0 radical (unpaired) electrons. The molecule has 0 bridgehead atoms. The summed E-state index contributed by atoms with van der Waals surface area (Å²) >= 11 is 5.98. The van der Waals surface area contributed by atoms with Crippen molar-refractivity contribution in [3.63, 3.8) is 0 Å². The van der Waals surface area contributed by atoms with Crippen molar-refractivity contribution in [2.24, 2.45) is 5.73 Å². The second-order valence-electron chi connectivity index (χ2n) is 2.84. The van der Waals surface area contributed by atoms with Gasteiger partial charge >= 0.3 is 0 Å². The maximum Gasteiger partial charge on any atom is 0.0962 e. The van der Waals surface area contributed by atoms with Crippen molar-refractivity contribution in [2.75, 3.05) is 19.8 Å². The van der Waals surface area contributed by atoms with E-state index >= 15 is 0 Å². The van der Waals surface area contributed by atoms with E-state index in [9.17, 15) is 0 Å². The molecule has 0 fully saturated rings. The number of aliphatic hydroxyl groups excluding tert-OH is 1. The summed E-state index contributed by atoms with van der Waals surface area (Å²) in [5, 5.41) is 9.27. The van der Waals surface area contributed by atoms with Gasteiger partial charge in [0, 0.05) is 17.1 Å². The maximum absolute atomic E-state index is 8.63. The largest absolute Gasteiger partial charge is 0.394 e. The van der Waals surface area contributed by atoms with Crippen LogP contribution in [0.15, 0.2) is 24.3 Å². The average Bonchev–Trinajstić information content (AvgIpc) is 2.21. The zero-order valence-corrected chi connectivity index (χ0v) is 8.57. The van der Waals surface area contributed by atoms with Crippen LogP contribution in [0, 0.1) is 0 Å². The van der Waals surface area contributed by atoms with Gasteiger partial charge in [0.25, 0.3) is 0 Å². The Morgan fingerprint density at radius 1 is 1.43 bits per heavy atom. The number of benzene rings is 1. The highest BCUT2D eigenvalue weighted by Gasteiger charge is 2.12. The van der Waals surface area contributed by atoms with Gasteiger partial charge in [-0.05, 0) is 6.07 Å². The van der Waals surface area contributed by atoms with Gasteiger partial charge in [-0.1, -0.05) is 29.8 Å². The quantitative estimate of drug-likeness (QED) is 0.780. The lowest BCUT2D eigenvalue weighted by Crippen LogP contribution is -2.17. The van der Waals surface area contributed by atoms with Crippen molar-refractivity contribution >= 4 is 11.6 Å². The minimum Gasteiger partial charge on any atom is -0.394 e. The predicted molar refractivity (Wildman–Crippen MR) is 56.3 cm³/mol. The third kappa shape index (κ3) is 2.96. The number of ether oxygens (including phenoxy) is 1. The summed E-state index contributed by atoms with van der Waals surface area (Å²) in [6.45, 7) is 0.609. The first kappa shape index (κ1) is 11.5. The van der Waals surface area contributed by atoms with E-state index in [4.69, 9.17) is 27.2 Å². The minimum absolute atomic E-state index is 0.0129. The first-order chi connectivity index (χ1) is 6.79. The predicted octanol–water partition coefficient (Wildman–Crippen LogP) is 1.35. The smallest absolute Gasteiger partial charge is 0.0962 e. The number of aliphatic hydroxyl groups is 1. The number of hydrogen-bond acceptors (Lipinski definition) is 3. The Morgan fingerprint density at radius 2 is 2.14 bits per heavy atom. The molecule has 0 spiro atoms. The molecule has 0 amide bonds. The first-order valence-corrected chi connectivity index (χ1v) is 4.84. The van der Waals surface area contributed by atoms with Crippen molar-refractivity contribution in [3.05, 3.63) is 34.9 Å². The Labute approximate surface area is 88.4 Å². The molecule has 1 aromatic carbocycles. The van der Waals surface area contributed by atoms with E-state index in [1.54, 1.807) is 6.07 Å². The van der Waals surface area contributed by atoms with Gasteiger partial charge in [0.15, 0.2) is 0 Å². The van der Waals surface area contributed by atoms with E-state index in [-0.39, 0.29) is 19.3 Å². The molecule has 0 aliphatic carbocycles. The van der Waals surface area contributed by atoms with Gasteiger partial charge in [-0.25, -0.2) is 0 Å². The van der Waals surface area contributed by atoms with E-state index in [1.165, 1.54) is 0 Å². The second-order valence-corrected chi connectivity index (χ2v) is 3.25. The number of rotatable bonds is 5. The third-order valence-corrected chi connectivity index (χ3v) is 2.22. The number of hydrogen-bond donors (Lipinski definition) is 2. The Balaban J connectivity index is 2.73. The summed E-state index contributed by atoms with van der Waals surface area (Å²) < 4.78 is 5.35. The normalized spacial score (nSPS) is 12.8. The highest BCUT2D eigenvalue weighted by molar-refractivity contribution is 6.31. The summed E-state index contributed by atoms with van der Waals surface area (Å²) in [7, 11) is 0. The maximum atomic E-state index is 8.63. The molecule has 1 unspecified atom stereocenters. The average molecular weight is 216 g/mol. The SMILES string of the molecule is NCC(OCCO)c1ccccc1Cl. The molecule has 0 saturated heterocycles. The van der Waals surface area contributed by atoms with Crippen LogP contribution >= 0.6 is 11.6 Å². The van der Waals surface area contributed by atoms with Gasteiger partial charge in [-0.15, -0.1) is 0 Å². The molecule has 0 aromatic heterocycles. The van der Waals surface area contributed by atoms with Crippen LogP contribution in [0.25, 0.3) is 0 Å². The molecule has 1 aromatic rings. The molecule has 0 heterocycles. The highest BCUT2D eigenvalue weighted by Crippen LogP contribution is 2.24. The lowest BCUT2D eigenvalue weighted by Gasteiger charge is -2.16.